The van der Waals surface area contributed by atoms with Gasteiger partial charge in [0.25, 0.3) is 0 Å². The Labute approximate surface area is 94.0 Å². The van der Waals surface area contributed by atoms with Crippen molar-refractivity contribution in [3.05, 3.63) is 47.5 Å². The quantitative estimate of drug-likeness (QED) is 0.467. The Balaban J connectivity index is 2.36. The summed E-state index contributed by atoms with van der Waals surface area (Å²) in [5.41, 5.74) is 4.33. The van der Waals surface area contributed by atoms with Gasteiger partial charge in [-0.25, -0.2) is 0 Å². The molecule has 0 bridgehead atoms. The molecule has 82 valence electrons. The molecule has 15 heavy (non-hydrogen) atoms. The number of hydrogen-bond acceptors (Lipinski definition) is 0. The Morgan fingerprint density at radius 1 is 1.13 bits per heavy atom. The summed E-state index contributed by atoms with van der Waals surface area (Å²) in [6.07, 6.45) is 8.31. The fourth-order valence-electron chi connectivity index (χ4n) is 1.85. The van der Waals surface area contributed by atoms with E-state index >= 15 is 0 Å². The lowest BCUT2D eigenvalue weighted by molar-refractivity contribution is 0.685. The van der Waals surface area contributed by atoms with Gasteiger partial charge in [0.1, 0.15) is 0 Å². The Bertz CT molecular complexity index is 310. The van der Waals surface area contributed by atoms with Gasteiger partial charge in [-0.3, -0.25) is 0 Å². The minimum atomic E-state index is 1.16. The summed E-state index contributed by atoms with van der Waals surface area (Å²) in [4.78, 5) is 0. The Hall–Kier alpha value is -1.04. The number of allylic oxidation sites excluding steroid dienone is 1. The maximum absolute atomic E-state index is 3.74. The van der Waals surface area contributed by atoms with Crippen LogP contribution in [0.2, 0.25) is 0 Å². The average molecular weight is 202 g/mol. The van der Waals surface area contributed by atoms with Gasteiger partial charge in [0, 0.05) is 0 Å². The first kappa shape index (κ1) is 12.0. The van der Waals surface area contributed by atoms with Crippen molar-refractivity contribution in [3.8, 4) is 0 Å². The van der Waals surface area contributed by atoms with E-state index in [4.69, 9.17) is 0 Å². The van der Waals surface area contributed by atoms with Crippen molar-refractivity contribution < 1.29 is 0 Å². The molecule has 1 rings (SSSR count). The molecule has 0 N–H and O–H groups in total. The molecule has 0 atom stereocenters. The molecule has 0 heteroatoms. The average Bonchev–Trinajstić information content (AvgIpc) is 2.23. The summed E-state index contributed by atoms with van der Waals surface area (Å²) < 4.78 is 0. The first-order valence-electron chi connectivity index (χ1n) is 5.91. The monoisotopic (exact) mass is 202 g/mol. The second-order valence-corrected chi connectivity index (χ2v) is 4.32. The highest BCUT2D eigenvalue weighted by Crippen LogP contribution is 2.14. The normalized spacial score (nSPS) is 10.3. The summed E-state index contributed by atoms with van der Waals surface area (Å²) in [6, 6.07) is 6.74. The lowest BCUT2D eigenvalue weighted by Gasteiger charge is -2.06. The second-order valence-electron chi connectivity index (χ2n) is 4.32. The minimum Gasteiger partial charge on any atom is -0.103 e. The number of aryl methyl sites for hydroxylation is 3. The molecule has 0 heterocycles. The van der Waals surface area contributed by atoms with Crippen LogP contribution in [0.5, 0.6) is 0 Å². The van der Waals surface area contributed by atoms with Crippen LogP contribution in [-0.2, 0) is 6.42 Å². The molecule has 0 aliphatic carbocycles. The first-order valence-corrected chi connectivity index (χ1v) is 5.91. The summed E-state index contributed by atoms with van der Waals surface area (Å²) in [7, 11) is 0. The minimum absolute atomic E-state index is 1.16. The molecule has 0 aromatic heterocycles. The topological polar surface area (TPSA) is 0 Å². The van der Waals surface area contributed by atoms with Crippen molar-refractivity contribution in [1.82, 2.24) is 0 Å². The van der Waals surface area contributed by atoms with Gasteiger partial charge in [-0.1, -0.05) is 36.3 Å². The van der Waals surface area contributed by atoms with Gasteiger partial charge in [0.2, 0.25) is 0 Å². The number of benzene rings is 1. The fourth-order valence-corrected chi connectivity index (χ4v) is 1.85. The van der Waals surface area contributed by atoms with Gasteiger partial charge < -0.3 is 0 Å². The van der Waals surface area contributed by atoms with Crippen molar-refractivity contribution in [2.45, 2.75) is 46.0 Å². The van der Waals surface area contributed by atoms with E-state index in [2.05, 4.69) is 38.6 Å². The summed E-state index contributed by atoms with van der Waals surface area (Å²) in [6.45, 7) is 8.12. The van der Waals surface area contributed by atoms with Gasteiger partial charge in [-0.05, 0) is 50.7 Å². The smallest absolute Gasteiger partial charge is 0.0276 e. The SMILES string of the molecule is C=CCCCCCc1cc(C)ccc1C. The molecule has 1 aromatic rings. The molecule has 0 unspecified atom stereocenters. The molecule has 0 aliphatic rings. The summed E-state index contributed by atoms with van der Waals surface area (Å²) in [5.74, 6) is 0. The van der Waals surface area contributed by atoms with Crippen molar-refractivity contribution in [1.29, 1.82) is 0 Å². The van der Waals surface area contributed by atoms with Crippen LogP contribution in [0.3, 0.4) is 0 Å². The van der Waals surface area contributed by atoms with Crippen LogP contribution in [0.25, 0.3) is 0 Å². The Morgan fingerprint density at radius 3 is 2.67 bits per heavy atom. The van der Waals surface area contributed by atoms with E-state index in [1.165, 1.54) is 42.4 Å². The predicted octanol–water partition coefficient (Wildman–Crippen LogP) is 4.59. The Morgan fingerprint density at radius 2 is 1.93 bits per heavy atom. The van der Waals surface area contributed by atoms with Gasteiger partial charge in [0.15, 0.2) is 0 Å². The number of hydrogen-bond donors (Lipinski definition) is 0. The van der Waals surface area contributed by atoms with E-state index in [-0.39, 0.29) is 0 Å². The molecule has 0 saturated heterocycles. The number of unbranched alkanes of at least 4 members (excludes halogenated alkanes) is 3. The van der Waals surface area contributed by atoms with Crippen LogP contribution >= 0.6 is 0 Å². The van der Waals surface area contributed by atoms with Gasteiger partial charge in [-0.15, -0.1) is 6.58 Å². The largest absolute Gasteiger partial charge is 0.103 e. The van der Waals surface area contributed by atoms with Crippen molar-refractivity contribution in [2.24, 2.45) is 0 Å². The highest BCUT2D eigenvalue weighted by molar-refractivity contribution is 5.30. The van der Waals surface area contributed by atoms with Crippen LogP contribution in [0.15, 0.2) is 30.9 Å². The molecular formula is C15H22. The lowest BCUT2D eigenvalue weighted by Crippen LogP contribution is -1.91. The van der Waals surface area contributed by atoms with Gasteiger partial charge >= 0.3 is 0 Å². The molecule has 0 spiro atoms. The highest BCUT2D eigenvalue weighted by atomic mass is 14.0. The van der Waals surface area contributed by atoms with Crippen molar-refractivity contribution in [2.75, 3.05) is 0 Å². The second kappa shape index (κ2) is 6.44. The van der Waals surface area contributed by atoms with Gasteiger partial charge in [0.05, 0.1) is 0 Å². The summed E-state index contributed by atoms with van der Waals surface area (Å²) in [5, 5.41) is 0. The molecule has 0 nitrogen and oxygen atoms in total. The fraction of sp³-hybridized carbons (Fsp3) is 0.467. The molecule has 0 amide bonds. The third kappa shape index (κ3) is 4.33. The third-order valence-corrected chi connectivity index (χ3v) is 2.86. The maximum Gasteiger partial charge on any atom is -0.0276 e. The zero-order valence-corrected chi connectivity index (χ0v) is 10.1. The van der Waals surface area contributed by atoms with Crippen LogP contribution < -0.4 is 0 Å². The molecule has 0 saturated carbocycles. The molecular weight excluding hydrogens is 180 g/mol. The van der Waals surface area contributed by atoms with Crippen LogP contribution in [-0.4, -0.2) is 0 Å². The Kier molecular flexibility index (Phi) is 5.17. The van der Waals surface area contributed by atoms with E-state index in [1.54, 1.807) is 0 Å². The van der Waals surface area contributed by atoms with E-state index in [0.717, 1.165) is 6.42 Å². The van der Waals surface area contributed by atoms with Crippen LogP contribution in [0.1, 0.15) is 42.4 Å². The third-order valence-electron chi connectivity index (χ3n) is 2.86. The van der Waals surface area contributed by atoms with Crippen molar-refractivity contribution in [3.63, 3.8) is 0 Å². The highest BCUT2D eigenvalue weighted by Gasteiger charge is 1.98. The maximum atomic E-state index is 3.74. The zero-order valence-electron chi connectivity index (χ0n) is 10.1. The van der Waals surface area contributed by atoms with E-state index < -0.39 is 0 Å². The standard InChI is InChI=1S/C15H22/c1-4-5-6-7-8-9-15-12-13(2)10-11-14(15)3/h4,10-12H,1,5-9H2,2-3H3. The van der Waals surface area contributed by atoms with Crippen LogP contribution in [0, 0.1) is 13.8 Å². The molecule has 0 aliphatic heterocycles. The predicted molar refractivity (Wildman–Crippen MR) is 68.3 cm³/mol. The number of rotatable bonds is 6. The van der Waals surface area contributed by atoms with E-state index in [1.807, 2.05) is 6.08 Å². The zero-order chi connectivity index (χ0) is 11.1. The van der Waals surface area contributed by atoms with Crippen LogP contribution in [0.4, 0.5) is 0 Å². The van der Waals surface area contributed by atoms with Gasteiger partial charge in [-0.2, -0.15) is 0 Å². The van der Waals surface area contributed by atoms with Crippen molar-refractivity contribution >= 4 is 0 Å². The molecule has 0 radical (unpaired) electrons. The lowest BCUT2D eigenvalue weighted by atomic mass is 10.00. The molecule has 0 fully saturated rings. The van der Waals surface area contributed by atoms with E-state index in [9.17, 15) is 0 Å². The molecule has 1 aromatic carbocycles. The van der Waals surface area contributed by atoms with E-state index in [0.29, 0.717) is 0 Å². The first-order chi connectivity index (χ1) is 7.24. The summed E-state index contributed by atoms with van der Waals surface area (Å²) >= 11 is 0.